The third-order valence-electron chi connectivity index (χ3n) is 5.58. The van der Waals surface area contributed by atoms with E-state index in [9.17, 15) is 14.9 Å². The van der Waals surface area contributed by atoms with Crippen LogP contribution in [-0.2, 0) is 4.74 Å². The number of ether oxygens (including phenoxy) is 1. The maximum Gasteiger partial charge on any atom is 0.338 e. The molecule has 5 aromatic rings. The summed E-state index contributed by atoms with van der Waals surface area (Å²) in [7, 11) is 0. The molecule has 0 unspecified atom stereocenters. The molecule has 162 valence electrons. The lowest BCUT2D eigenvalue weighted by Gasteiger charge is -2.12. The third kappa shape index (κ3) is 3.59. The van der Waals surface area contributed by atoms with Crippen LogP contribution in [0.3, 0.4) is 0 Å². The Morgan fingerprint density at radius 3 is 2.48 bits per heavy atom. The topological polar surface area (TPSA) is 98.1 Å². The summed E-state index contributed by atoms with van der Waals surface area (Å²) in [6.45, 7) is 2.07. The molecule has 33 heavy (non-hydrogen) atoms. The Hall–Kier alpha value is -4.52. The van der Waals surface area contributed by atoms with Crippen LogP contribution in [0.2, 0.25) is 0 Å². The van der Waals surface area contributed by atoms with Crippen molar-refractivity contribution in [2.75, 3.05) is 6.61 Å². The number of aromatic nitrogens is 2. The van der Waals surface area contributed by atoms with Gasteiger partial charge >= 0.3 is 5.97 Å². The molecule has 7 heteroatoms. The van der Waals surface area contributed by atoms with E-state index in [1.165, 1.54) is 12.1 Å². The minimum Gasteiger partial charge on any atom is -0.462 e. The van der Waals surface area contributed by atoms with Crippen molar-refractivity contribution in [3.8, 4) is 22.3 Å². The van der Waals surface area contributed by atoms with Crippen molar-refractivity contribution >= 4 is 33.6 Å². The Balaban J connectivity index is 1.82. The predicted octanol–water partition coefficient (Wildman–Crippen LogP) is 6.14. The first-order valence-electron chi connectivity index (χ1n) is 10.5. The van der Waals surface area contributed by atoms with Gasteiger partial charge in [-0.25, -0.2) is 9.78 Å². The average molecular weight is 437 g/mol. The number of non-ortho nitro benzene ring substituents is 1. The van der Waals surface area contributed by atoms with Gasteiger partial charge in [0.25, 0.3) is 5.69 Å². The van der Waals surface area contributed by atoms with E-state index in [0.29, 0.717) is 17.8 Å². The summed E-state index contributed by atoms with van der Waals surface area (Å²) in [5.74, 6) is -0.380. The molecule has 0 aliphatic rings. The molecule has 0 aliphatic carbocycles. The summed E-state index contributed by atoms with van der Waals surface area (Å²) in [6.07, 6.45) is 1.77. The number of nitrogens with one attached hydrogen (secondary N) is 1. The number of aromatic amines is 1. The molecule has 0 saturated heterocycles. The second kappa shape index (κ2) is 8.20. The van der Waals surface area contributed by atoms with Gasteiger partial charge in [0.15, 0.2) is 0 Å². The van der Waals surface area contributed by atoms with E-state index in [0.717, 1.165) is 38.5 Å². The smallest absolute Gasteiger partial charge is 0.338 e. The first-order valence-corrected chi connectivity index (χ1v) is 10.5. The summed E-state index contributed by atoms with van der Waals surface area (Å²) in [5.41, 5.74) is 5.59. The predicted molar refractivity (Wildman–Crippen MR) is 127 cm³/mol. The number of nitro groups is 1. The van der Waals surface area contributed by atoms with E-state index in [-0.39, 0.29) is 11.7 Å². The number of benzene rings is 3. The lowest BCUT2D eigenvalue weighted by atomic mass is 9.92. The van der Waals surface area contributed by atoms with E-state index in [1.807, 2.05) is 42.5 Å². The highest BCUT2D eigenvalue weighted by molar-refractivity contribution is 6.17. The molecule has 0 fully saturated rings. The number of rotatable bonds is 5. The molecule has 0 amide bonds. The van der Waals surface area contributed by atoms with Gasteiger partial charge in [-0.2, -0.15) is 0 Å². The summed E-state index contributed by atoms with van der Waals surface area (Å²) in [6, 6.07) is 21.7. The number of fused-ring (bicyclic) bond motifs is 3. The SMILES string of the molecule is CCOC(=O)c1ccc2[nH]c3ncc(-c4ccc([N+](=O)[O-])cc4)c(-c4ccccc4)c3c2c1. The van der Waals surface area contributed by atoms with Crippen LogP contribution in [-0.4, -0.2) is 27.5 Å². The normalized spacial score (nSPS) is 11.1. The van der Waals surface area contributed by atoms with Crippen molar-refractivity contribution in [2.45, 2.75) is 6.92 Å². The summed E-state index contributed by atoms with van der Waals surface area (Å²) in [5, 5.41) is 12.8. The van der Waals surface area contributed by atoms with Gasteiger partial charge in [-0.15, -0.1) is 0 Å². The Labute approximate surface area is 188 Å². The number of nitro benzene ring substituents is 1. The monoisotopic (exact) mass is 437 g/mol. The summed E-state index contributed by atoms with van der Waals surface area (Å²) < 4.78 is 5.18. The number of pyridine rings is 1. The molecule has 0 aliphatic heterocycles. The Bertz CT molecular complexity index is 1510. The van der Waals surface area contributed by atoms with E-state index in [1.54, 1.807) is 31.3 Å². The molecular formula is C26H19N3O4. The van der Waals surface area contributed by atoms with E-state index in [2.05, 4.69) is 9.97 Å². The van der Waals surface area contributed by atoms with Crippen molar-refractivity contribution < 1.29 is 14.5 Å². The molecule has 7 nitrogen and oxygen atoms in total. The van der Waals surface area contributed by atoms with Crippen LogP contribution in [0.4, 0.5) is 5.69 Å². The molecule has 1 N–H and O–H groups in total. The molecule has 2 heterocycles. The molecule has 0 saturated carbocycles. The van der Waals surface area contributed by atoms with Gasteiger partial charge in [0.1, 0.15) is 5.65 Å². The highest BCUT2D eigenvalue weighted by Crippen LogP contribution is 2.41. The van der Waals surface area contributed by atoms with Gasteiger partial charge in [0.2, 0.25) is 0 Å². The highest BCUT2D eigenvalue weighted by atomic mass is 16.6. The van der Waals surface area contributed by atoms with E-state index >= 15 is 0 Å². The van der Waals surface area contributed by atoms with Crippen molar-refractivity contribution in [3.05, 3.63) is 94.7 Å². The zero-order valence-electron chi connectivity index (χ0n) is 17.7. The van der Waals surface area contributed by atoms with Gasteiger partial charge < -0.3 is 9.72 Å². The largest absolute Gasteiger partial charge is 0.462 e. The third-order valence-corrected chi connectivity index (χ3v) is 5.58. The van der Waals surface area contributed by atoms with Crippen molar-refractivity contribution in [2.24, 2.45) is 0 Å². The number of nitrogens with zero attached hydrogens (tertiary/aromatic N) is 2. The Kier molecular flexibility index (Phi) is 5.06. The van der Waals surface area contributed by atoms with Gasteiger partial charge in [0.05, 0.1) is 17.1 Å². The molecule has 0 spiro atoms. The quantitative estimate of drug-likeness (QED) is 0.202. The lowest BCUT2D eigenvalue weighted by molar-refractivity contribution is -0.384. The molecule has 0 bridgehead atoms. The van der Waals surface area contributed by atoms with Crippen LogP contribution < -0.4 is 0 Å². The van der Waals surface area contributed by atoms with Gasteiger partial charge in [0, 0.05) is 45.7 Å². The number of carbonyl (C=O) groups excluding carboxylic acids is 1. The molecule has 0 radical (unpaired) electrons. The first kappa shape index (κ1) is 20.4. The number of H-pyrrole nitrogens is 1. The van der Waals surface area contributed by atoms with Crippen molar-refractivity contribution in [3.63, 3.8) is 0 Å². The van der Waals surface area contributed by atoms with Crippen molar-refractivity contribution in [1.29, 1.82) is 0 Å². The minimum absolute atomic E-state index is 0.0280. The molecule has 5 rings (SSSR count). The number of hydrogen-bond donors (Lipinski definition) is 1. The Morgan fingerprint density at radius 2 is 1.79 bits per heavy atom. The fourth-order valence-electron chi connectivity index (χ4n) is 4.08. The molecule has 2 aromatic heterocycles. The van der Waals surface area contributed by atoms with Crippen LogP contribution in [0.15, 0.2) is 79.0 Å². The molecular weight excluding hydrogens is 418 g/mol. The fourth-order valence-corrected chi connectivity index (χ4v) is 4.08. The van der Waals surface area contributed by atoms with Crippen LogP contribution in [0.5, 0.6) is 0 Å². The molecule has 3 aromatic carbocycles. The number of carbonyl (C=O) groups is 1. The zero-order chi connectivity index (χ0) is 22.9. The Morgan fingerprint density at radius 1 is 1.03 bits per heavy atom. The first-order chi connectivity index (χ1) is 16.1. The van der Waals surface area contributed by atoms with E-state index < -0.39 is 4.92 Å². The van der Waals surface area contributed by atoms with Crippen LogP contribution in [0, 0.1) is 10.1 Å². The average Bonchev–Trinajstić information content (AvgIpc) is 3.22. The standard InChI is InChI=1S/C26H19N3O4/c1-2-33-26(30)18-10-13-22-20(14-18)24-23(17-6-4-3-5-7-17)21(15-27-25(24)28-22)16-8-11-19(12-9-16)29(31)32/h3-15H,2H2,1H3,(H,27,28). The summed E-state index contributed by atoms with van der Waals surface area (Å²) in [4.78, 5) is 31.0. The fraction of sp³-hybridized carbons (Fsp3) is 0.0769. The van der Waals surface area contributed by atoms with Gasteiger partial charge in [-0.3, -0.25) is 10.1 Å². The second-order valence-electron chi connectivity index (χ2n) is 7.55. The lowest BCUT2D eigenvalue weighted by Crippen LogP contribution is -2.04. The van der Waals surface area contributed by atoms with Crippen LogP contribution in [0.1, 0.15) is 17.3 Å². The maximum atomic E-state index is 12.4. The van der Waals surface area contributed by atoms with Crippen LogP contribution in [0.25, 0.3) is 44.2 Å². The number of hydrogen-bond acceptors (Lipinski definition) is 5. The van der Waals surface area contributed by atoms with Crippen molar-refractivity contribution in [1.82, 2.24) is 9.97 Å². The molecule has 0 atom stereocenters. The maximum absolute atomic E-state index is 12.4. The van der Waals surface area contributed by atoms with Gasteiger partial charge in [-0.05, 0) is 48.4 Å². The highest BCUT2D eigenvalue weighted by Gasteiger charge is 2.19. The minimum atomic E-state index is -0.417. The van der Waals surface area contributed by atoms with Gasteiger partial charge in [-0.1, -0.05) is 30.3 Å². The zero-order valence-corrected chi connectivity index (χ0v) is 17.7. The second-order valence-corrected chi connectivity index (χ2v) is 7.55. The number of esters is 1. The summed E-state index contributed by atoms with van der Waals surface area (Å²) >= 11 is 0. The van der Waals surface area contributed by atoms with Crippen LogP contribution >= 0.6 is 0 Å². The van der Waals surface area contributed by atoms with E-state index in [4.69, 9.17) is 4.74 Å².